The molecule has 0 spiro atoms. The highest BCUT2D eigenvalue weighted by atomic mass is 35.5. The fourth-order valence-electron chi connectivity index (χ4n) is 3.69. The van der Waals surface area contributed by atoms with Gasteiger partial charge < -0.3 is 9.72 Å². The van der Waals surface area contributed by atoms with E-state index in [4.69, 9.17) is 4.98 Å². The van der Waals surface area contributed by atoms with Gasteiger partial charge >= 0.3 is 0 Å². The van der Waals surface area contributed by atoms with Crippen LogP contribution < -0.4 is 5.32 Å². The Morgan fingerprint density at radius 1 is 1.08 bits per heavy atom. The second-order valence-corrected chi connectivity index (χ2v) is 8.98. The van der Waals surface area contributed by atoms with Gasteiger partial charge in [-0.2, -0.15) is 0 Å². The van der Waals surface area contributed by atoms with Crippen LogP contribution >= 0.6 is 35.1 Å². The van der Waals surface area contributed by atoms with E-state index in [0.29, 0.717) is 5.92 Å². The van der Waals surface area contributed by atoms with Crippen LogP contribution in [0.25, 0.3) is 25.7 Å². The summed E-state index contributed by atoms with van der Waals surface area (Å²) in [4.78, 5) is 12.2. The minimum absolute atomic E-state index is 0. The monoisotopic (exact) mass is 404 g/mol. The van der Waals surface area contributed by atoms with Crippen molar-refractivity contribution in [2.75, 3.05) is 13.1 Å². The number of imidazole rings is 1. The van der Waals surface area contributed by atoms with Gasteiger partial charge in [0.15, 0.2) is 0 Å². The lowest BCUT2D eigenvalue weighted by Crippen LogP contribution is -2.26. The van der Waals surface area contributed by atoms with Crippen molar-refractivity contribution in [2.24, 2.45) is 0 Å². The topological polar surface area (TPSA) is 42.2 Å². The van der Waals surface area contributed by atoms with Gasteiger partial charge in [0.2, 0.25) is 0 Å². The van der Waals surface area contributed by atoms with Crippen molar-refractivity contribution in [3.63, 3.8) is 0 Å². The molecular formula is C19H21ClN4S2. The van der Waals surface area contributed by atoms with Crippen molar-refractivity contribution < 1.29 is 0 Å². The number of halogens is 1. The molecule has 5 heterocycles. The van der Waals surface area contributed by atoms with Gasteiger partial charge in [-0.25, -0.2) is 9.97 Å². The fraction of sp³-hybridized carbons (Fsp3) is 0.368. The van der Waals surface area contributed by atoms with Crippen LogP contribution in [0.5, 0.6) is 0 Å². The minimum atomic E-state index is 0. The van der Waals surface area contributed by atoms with Crippen molar-refractivity contribution >= 4 is 50.3 Å². The first-order valence-electron chi connectivity index (χ1n) is 8.75. The zero-order valence-electron chi connectivity index (χ0n) is 14.8. The van der Waals surface area contributed by atoms with Gasteiger partial charge in [0.05, 0.1) is 10.4 Å². The summed E-state index contributed by atoms with van der Waals surface area (Å²) in [6, 6.07) is 4.59. The number of pyridine rings is 1. The maximum atomic E-state index is 4.94. The van der Waals surface area contributed by atoms with Crippen molar-refractivity contribution in [3.05, 3.63) is 40.7 Å². The summed E-state index contributed by atoms with van der Waals surface area (Å²) in [5, 5.41) is 4.55. The smallest absolute Gasteiger partial charge is 0.139 e. The molecule has 0 radical (unpaired) electrons. The third-order valence-electron chi connectivity index (χ3n) is 4.95. The Balaban J connectivity index is 0.00000168. The van der Waals surface area contributed by atoms with Gasteiger partial charge in [0.25, 0.3) is 0 Å². The van der Waals surface area contributed by atoms with Crippen LogP contribution in [0.3, 0.4) is 0 Å². The summed E-state index contributed by atoms with van der Waals surface area (Å²) in [5.74, 6) is 0.712. The normalized spacial score (nSPS) is 15.6. The largest absolute Gasteiger partial charge is 0.317 e. The molecule has 4 aromatic heterocycles. The Labute approximate surface area is 166 Å². The lowest BCUT2D eigenvalue weighted by atomic mass is 9.97. The van der Waals surface area contributed by atoms with Crippen LogP contribution in [0, 0.1) is 13.8 Å². The SMILES string of the molecule is Cc1cn2cc(-c3nc4sc(C5CCNCC5)cc4s3)cc(C)c2n1.Cl. The molecule has 4 aromatic rings. The van der Waals surface area contributed by atoms with Crippen molar-refractivity contribution in [3.8, 4) is 10.6 Å². The number of piperidine rings is 1. The van der Waals surface area contributed by atoms with E-state index >= 15 is 0 Å². The van der Waals surface area contributed by atoms with Crippen molar-refractivity contribution in [1.82, 2.24) is 19.7 Å². The van der Waals surface area contributed by atoms with Crippen LogP contribution in [-0.2, 0) is 0 Å². The highest BCUT2D eigenvalue weighted by Gasteiger charge is 2.19. The van der Waals surface area contributed by atoms with Crippen LogP contribution in [0.1, 0.15) is 34.9 Å². The fourth-order valence-corrected chi connectivity index (χ4v) is 6.07. The number of nitrogens with zero attached hydrogens (tertiary/aromatic N) is 3. The first-order chi connectivity index (χ1) is 12.2. The number of hydrogen-bond acceptors (Lipinski definition) is 5. The van der Waals surface area contributed by atoms with E-state index in [1.165, 1.54) is 38.4 Å². The highest BCUT2D eigenvalue weighted by Crippen LogP contribution is 2.40. The molecule has 1 N–H and O–H groups in total. The summed E-state index contributed by atoms with van der Waals surface area (Å²) < 4.78 is 3.45. The lowest BCUT2D eigenvalue weighted by Gasteiger charge is -2.21. The Morgan fingerprint density at radius 2 is 1.88 bits per heavy atom. The molecule has 4 nitrogen and oxygen atoms in total. The number of aryl methyl sites for hydroxylation is 2. The molecule has 5 rings (SSSR count). The second-order valence-electron chi connectivity index (χ2n) is 6.89. The van der Waals surface area contributed by atoms with Crippen LogP contribution in [0.15, 0.2) is 24.5 Å². The lowest BCUT2D eigenvalue weighted by molar-refractivity contribution is 0.465. The summed E-state index contributed by atoms with van der Waals surface area (Å²) in [6.07, 6.45) is 6.72. The second kappa shape index (κ2) is 6.93. The Bertz CT molecular complexity index is 1040. The van der Waals surface area contributed by atoms with Gasteiger partial charge in [0.1, 0.15) is 15.5 Å². The van der Waals surface area contributed by atoms with Gasteiger partial charge in [-0.05, 0) is 63.4 Å². The third kappa shape index (κ3) is 3.05. The summed E-state index contributed by atoms with van der Waals surface area (Å²) >= 11 is 3.69. The molecule has 0 aliphatic carbocycles. The molecule has 1 fully saturated rings. The number of fused-ring (bicyclic) bond motifs is 2. The van der Waals surface area contributed by atoms with E-state index in [0.717, 1.165) is 29.4 Å². The first kappa shape index (κ1) is 17.9. The zero-order valence-corrected chi connectivity index (χ0v) is 17.2. The molecule has 0 bridgehead atoms. The summed E-state index contributed by atoms with van der Waals surface area (Å²) in [6.45, 7) is 6.43. The van der Waals surface area contributed by atoms with E-state index in [1.54, 1.807) is 0 Å². The van der Waals surface area contributed by atoms with E-state index in [-0.39, 0.29) is 12.4 Å². The van der Waals surface area contributed by atoms with E-state index in [1.807, 2.05) is 29.6 Å². The quantitative estimate of drug-likeness (QED) is 0.500. The number of rotatable bonds is 2. The Morgan fingerprint density at radius 3 is 2.65 bits per heavy atom. The third-order valence-corrected chi connectivity index (χ3v) is 7.32. The minimum Gasteiger partial charge on any atom is -0.317 e. The molecule has 0 aromatic carbocycles. The molecular weight excluding hydrogens is 384 g/mol. The van der Waals surface area contributed by atoms with Gasteiger partial charge in [-0.1, -0.05) is 0 Å². The Kier molecular flexibility index (Phi) is 4.77. The number of thiazole rings is 1. The van der Waals surface area contributed by atoms with E-state index in [2.05, 4.69) is 46.2 Å². The molecule has 26 heavy (non-hydrogen) atoms. The maximum absolute atomic E-state index is 4.94. The van der Waals surface area contributed by atoms with E-state index in [9.17, 15) is 0 Å². The van der Waals surface area contributed by atoms with Crippen molar-refractivity contribution in [2.45, 2.75) is 32.6 Å². The molecule has 1 aliphatic heterocycles. The Hall–Kier alpha value is -1.47. The number of nitrogens with one attached hydrogen (secondary N) is 1. The molecule has 7 heteroatoms. The summed E-state index contributed by atoms with van der Waals surface area (Å²) in [5.41, 5.74) is 4.46. The standard InChI is InChI=1S/C19H20N4S2.ClH/c1-11-7-14(10-23-9-12(2)21-17(11)23)18-22-19-16(25-18)8-15(24-19)13-3-5-20-6-4-13;/h7-10,13,20H,3-6H2,1-2H3;1H. The average molecular weight is 405 g/mol. The van der Waals surface area contributed by atoms with E-state index < -0.39 is 0 Å². The average Bonchev–Trinajstić information content (AvgIpc) is 3.27. The predicted molar refractivity (Wildman–Crippen MR) is 113 cm³/mol. The predicted octanol–water partition coefficient (Wildman–Crippen LogP) is 5.18. The molecule has 0 atom stereocenters. The number of aromatic nitrogens is 3. The molecule has 0 unspecified atom stereocenters. The highest BCUT2D eigenvalue weighted by molar-refractivity contribution is 7.28. The molecule has 0 amide bonds. The number of hydrogen-bond donors (Lipinski definition) is 1. The maximum Gasteiger partial charge on any atom is 0.139 e. The number of thiophene rings is 1. The first-order valence-corrected chi connectivity index (χ1v) is 10.4. The van der Waals surface area contributed by atoms with Crippen LogP contribution in [0.2, 0.25) is 0 Å². The summed E-state index contributed by atoms with van der Waals surface area (Å²) in [7, 11) is 0. The molecule has 0 saturated carbocycles. The van der Waals surface area contributed by atoms with Crippen LogP contribution in [0.4, 0.5) is 0 Å². The van der Waals surface area contributed by atoms with Gasteiger partial charge in [-0.15, -0.1) is 35.1 Å². The molecule has 1 aliphatic rings. The molecule has 1 saturated heterocycles. The van der Waals surface area contributed by atoms with Crippen molar-refractivity contribution in [1.29, 1.82) is 0 Å². The van der Waals surface area contributed by atoms with Gasteiger partial charge in [0, 0.05) is 22.8 Å². The van der Waals surface area contributed by atoms with Gasteiger partial charge in [-0.3, -0.25) is 0 Å². The van der Waals surface area contributed by atoms with Crippen LogP contribution in [-0.4, -0.2) is 27.5 Å². The molecule has 136 valence electrons. The zero-order chi connectivity index (χ0) is 17.0.